The molecule has 4 aliphatic heterocycles. The Morgan fingerprint density at radius 1 is 1.32 bits per heavy atom. The van der Waals surface area contributed by atoms with Crippen LogP contribution >= 0.6 is 12.4 Å². The van der Waals surface area contributed by atoms with Gasteiger partial charge in [-0.2, -0.15) is 0 Å². The first-order valence-corrected chi connectivity index (χ1v) is 8.60. The lowest BCUT2D eigenvalue weighted by molar-refractivity contribution is -0.125. The van der Waals surface area contributed by atoms with Gasteiger partial charge < -0.3 is 20.3 Å². The molecule has 2 amide bonds. The maximum absolute atomic E-state index is 13.1. The number of amides is 2. The minimum atomic E-state index is -0.459. The molecule has 136 valence electrons. The minimum absolute atomic E-state index is 0. The zero-order valence-electron chi connectivity index (χ0n) is 14.3. The van der Waals surface area contributed by atoms with E-state index in [0.717, 1.165) is 49.5 Å². The van der Waals surface area contributed by atoms with Crippen molar-refractivity contribution < 1.29 is 14.3 Å². The first kappa shape index (κ1) is 18.0. The fraction of sp³-hybridized carbons (Fsp3) is 0.556. The second kappa shape index (κ2) is 6.84. The lowest BCUT2D eigenvalue weighted by Gasteiger charge is -2.48. The Hall–Kier alpha value is -1.79. The highest BCUT2D eigenvalue weighted by Crippen LogP contribution is 2.45. The number of carbonyl (C=O) groups excluding carboxylic acids is 2. The molecule has 7 heteroatoms. The maximum atomic E-state index is 13.1. The van der Waals surface area contributed by atoms with Gasteiger partial charge in [0.1, 0.15) is 5.75 Å². The minimum Gasteiger partial charge on any atom is -0.497 e. The number of anilines is 1. The topological polar surface area (TPSA) is 75.9 Å². The molecule has 5 rings (SSSR count). The van der Waals surface area contributed by atoms with Gasteiger partial charge in [-0.15, -0.1) is 12.4 Å². The average Bonchev–Trinajstić information content (AvgIpc) is 2.86. The molecule has 1 aromatic carbocycles. The van der Waals surface area contributed by atoms with E-state index < -0.39 is 11.8 Å². The third kappa shape index (κ3) is 2.98. The molecule has 0 radical (unpaired) electrons. The molecule has 1 aromatic rings. The van der Waals surface area contributed by atoms with Crippen LogP contribution in [-0.4, -0.2) is 49.5 Å². The number of piperidine rings is 3. The van der Waals surface area contributed by atoms with E-state index in [-0.39, 0.29) is 30.8 Å². The Balaban J connectivity index is 0.00000182. The third-order valence-electron chi connectivity index (χ3n) is 5.77. The molecular weight excluding hydrogens is 342 g/mol. The molecule has 25 heavy (non-hydrogen) atoms. The van der Waals surface area contributed by atoms with E-state index >= 15 is 0 Å². The fourth-order valence-corrected chi connectivity index (χ4v) is 4.54. The first-order valence-electron chi connectivity index (χ1n) is 8.60. The summed E-state index contributed by atoms with van der Waals surface area (Å²) in [6, 6.07) is 5.86. The predicted molar refractivity (Wildman–Crippen MR) is 97.2 cm³/mol. The molecule has 0 saturated carbocycles. The predicted octanol–water partition coefficient (Wildman–Crippen LogP) is 1.52. The summed E-state index contributed by atoms with van der Waals surface area (Å²) in [7, 11) is 1.62. The lowest BCUT2D eigenvalue weighted by atomic mass is 9.83. The normalized spacial score (nSPS) is 30.0. The van der Waals surface area contributed by atoms with Crippen LogP contribution in [0, 0.1) is 5.92 Å². The van der Waals surface area contributed by atoms with E-state index in [0.29, 0.717) is 5.92 Å². The maximum Gasteiger partial charge on any atom is 0.235 e. The fourth-order valence-electron chi connectivity index (χ4n) is 4.54. The SMILES string of the molecule is COc1ccc2c(c1)N(C1CN3CCC1CC3)C(=O)C2CC(N)=O.Cl. The Morgan fingerprint density at radius 3 is 2.60 bits per heavy atom. The largest absolute Gasteiger partial charge is 0.497 e. The number of benzene rings is 1. The number of primary amides is 1. The van der Waals surface area contributed by atoms with Crippen molar-refractivity contribution in [3.05, 3.63) is 23.8 Å². The van der Waals surface area contributed by atoms with Crippen LogP contribution in [0.5, 0.6) is 5.75 Å². The van der Waals surface area contributed by atoms with E-state index in [2.05, 4.69) is 4.90 Å². The molecule has 6 nitrogen and oxygen atoms in total. The number of hydrogen-bond donors (Lipinski definition) is 1. The van der Waals surface area contributed by atoms with E-state index in [1.165, 1.54) is 0 Å². The van der Waals surface area contributed by atoms with Gasteiger partial charge in [0, 0.05) is 19.0 Å². The number of hydrogen-bond acceptors (Lipinski definition) is 4. The number of fused-ring (bicyclic) bond motifs is 4. The summed E-state index contributed by atoms with van der Waals surface area (Å²) < 4.78 is 5.35. The van der Waals surface area contributed by atoms with Gasteiger partial charge in [-0.1, -0.05) is 6.07 Å². The molecule has 0 aromatic heterocycles. The van der Waals surface area contributed by atoms with Crippen molar-refractivity contribution in [2.75, 3.05) is 31.6 Å². The van der Waals surface area contributed by atoms with Gasteiger partial charge in [0.2, 0.25) is 11.8 Å². The monoisotopic (exact) mass is 365 g/mol. The van der Waals surface area contributed by atoms with Crippen LogP contribution in [0.25, 0.3) is 0 Å². The Kier molecular flexibility index (Phi) is 4.93. The first-order chi connectivity index (χ1) is 11.6. The van der Waals surface area contributed by atoms with Crippen LogP contribution in [0.2, 0.25) is 0 Å². The average molecular weight is 366 g/mol. The number of ether oxygens (including phenoxy) is 1. The van der Waals surface area contributed by atoms with Gasteiger partial charge in [-0.05, 0) is 43.5 Å². The summed E-state index contributed by atoms with van der Waals surface area (Å²) in [6.45, 7) is 3.16. The van der Waals surface area contributed by atoms with Crippen molar-refractivity contribution >= 4 is 29.9 Å². The van der Waals surface area contributed by atoms with Crippen molar-refractivity contribution in [2.24, 2.45) is 11.7 Å². The summed E-state index contributed by atoms with van der Waals surface area (Å²) in [6.07, 6.45) is 2.33. The van der Waals surface area contributed by atoms with Crippen LogP contribution < -0.4 is 15.4 Å². The van der Waals surface area contributed by atoms with Gasteiger partial charge in [-0.3, -0.25) is 9.59 Å². The number of nitrogens with two attached hydrogens (primary N) is 1. The molecule has 0 spiro atoms. The molecule has 3 fully saturated rings. The van der Waals surface area contributed by atoms with Crippen LogP contribution in [0.15, 0.2) is 18.2 Å². The Labute approximate surface area is 153 Å². The van der Waals surface area contributed by atoms with Gasteiger partial charge >= 0.3 is 0 Å². The Bertz CT molecular complexity index is 688. The molecule has 4 heterocycles. The summed E-state index contributed by atoms with van der Waals surface area (Å²) in [5.41, 5.74) is 7.18. The highest BCUT2D eigenvalue weighted by molar-refractivity contribution is 6.07. The second-order valence-electron chi connectivity index (χ2n) is 7.06. The van der Waals surface area contributed by atoms with E-state index in [1.807, 2.05) is 23.1 Å². The molecule has 2 atom stereocenters. The van der Waals surface area contributed by atoms with Gasteiger partial charge in [0.05, 0.1) is 24.8 Å². The summed E-state index contributed by atoms with van der Waals surface area (Å²) >= 11 is 0. The quantitative estimate of drug-likeness (QED) is 0.877. The number of nitrogens with zero attached hydrogens (tertiary/aromatic N) is 2. The van der Waals surface area contributed by atoms with Crippen LogP contribution in [0.4, 0.5) is 5.69 Å². The number of halogens is 1. The van der Waals surface area contributed by atoms with E-state index in [1.54, 1.807) is 7.11 Å². The van der Waals surface area contributed by atoms with E-state index in [4.69, 9.17) is 10.5 Å². The van der Waals surface area contributed by atoms with Gasteiger partial charge in [-0.25, -0.2) is 0 Å². The number of carbonyl (C=O) groups is 2. The molecule has 3 saturated heterocycles. The smallest absolute Gasteiger partial charge is 0.235 e. The summed E-state index contributed by atoms with van der Waals surface area (Å²) in [4.78, 5) is 29.0. The standard InChI is InChI=1S/C18H23N3O3.ClH/c1-24-12-2-3-13-14(9-17(19)22)18(23)21(15(13)8-12)16-10-20-6-4-11(16)5-7-20;/h2-3,8,11,14,16H,4-7,9-10H2,1H3,(H2,19,22);1H. The van der Waals surface area contributed by atoms with Crippen molar-refractivity contribution in [1.29, 1.82) is 0 Å². The molecule has 2 unspecified atom stereocenters. The van der Waals surface area contributed by atoms with Crippen molar-refractivity contribution in [3.8, 4) is 5.75 Å². The van der Waals surface area contributed by atoms with E-state index in [9.17, 15) is 9.59 Å². The third-order valence-corrected chi connectivity index (χ3v) is 5.77. The van der Waals surface area contributed by atoms with Crippen molar-refractivity contribution in [2.45, 2.75) is 31.2 Å². The molecule has 2 N–H and O–H groups in total. The molecule has 4 aliphatic rings. The zero-order valence-corrected chi connectivity index (χ0v) is 15.1. The summed E-state index contributed by atoms with van der Waals surface area (Å²) in [5.74, 6) is 0.374. The van der Waals surface area contributed by atoms with Gasteiger partial charge in [0.15, 0.2) is 0 Å². The second-order valence-corrected chi connectivity index (χ2v) is 7.06. The highest BCUT2D eigenvalue weighted by atomic mass is 35.5. The molecular formula is C18H24ClN3O3. The molecule has 2 bridgehead atoms. The van der Waals surface area contributed by atoms with Crippen molar-refractivity contribution in [1.82, 2.24) is 4.90 Å². The van der Waals surface area contributed by atoms with Gasteiger partial charge in [0.25, 0.3) is 0 Å². The highest BCUT2D eigenvalue weighted by Gasteiger charge is 2.46. The van der Waals surface area contributed by atoms with Crippen LogP contribution in [0.1, 0.15) is 30.7 Å². The van der Waals surface area contributed by atoms with Crippen LogP contribution in [0.3, 0.4) is 0 Å². The van der Waals surface area contributed by atoms with Crippen LogP contribution in [-0.2, 0) is 9.59 Å². The Morgan fingerprint density at radius 2 is 2.04 bits per heavy atom. The number of methoxy groups -OCH3 is 1. The summed E-state index contributed by atoms with van der Waals surface area (Å²) in [5, 5.41) is 0. The van der Waals surface area contributed by atoms with Crippen molar-refractivity contribution in [3.63, 3.8) is 0 Å². The number of rotatable bonds is 4. The lowest BCUT2D eigenvalue weighted by Crippen LogP contribution is -2.58. The zero-order chi connectivity index (χ0) is 16.8. The molecule has 0 aliphatic carbocycles.